The van der Waals surface area contributed by atoms with E-state index in [2.05, 4.69) is 25.3 Å². The number of benzene rings is 2. The third kappa shape index (κ3) is 5.52. The molecule has 0 radical (unpaired) electrons. The molecule has 0 aliphatic heterocycles. The van der Waals surface area contributed by atoms with Crippen LogP contribution in [0.5, 0.6) is 5.75 Å². The average Bonchev–Trinajstić information content (AvgIpc) is 3.07. The van der Waals surface area contributed by atoms with Crippen molar-refractivity contribution in [2.24, 2.45) is 5.92 Å². The first-order chi connectivity index (χ1) is 14.8. The molecule has 2 aromatic carbocycles. The Labute approximate surface area is 193 Å². The monoisotopic (exact) mass is 461 g/mol. The highest BCUT2D eigenvalue weighted by Crippen LogP contribution is 2.27. The van der Waals surface area contributed by atoms with Gasteiger partial charge >= 0.3 is 0 Å². The highest BCUT2D eigenvalue weighted by atomic mass is 35.5. The molecule has 31 heavy (non-hydrogen) atoms. The van der Waals surface area contributed by atoms with Crippen LogP contribution in [0.25, 0.3) is 11.0 Å². The molecule has 0 spiro atoms. The SMILES string of the molecule is CCCn1c(CN(CCC(C)C)C(=O)c2ccc(OC)c(Cl)c2)nc2ccc(Cl)cc21. The van der Waals surface area contributed by atoms with E-state index in [1.54, 1.807) is 25.3 Å². The van der Waals surface area contributed by atoms with Crippen LogP contribution >= 0.6 is 23.2 Å². The summed E-state index contributed by atoms with van der Waals surface area (Å²) in [5, 5.41) is 1.10. The van der Waals surface area contributed by atoms with Gasteiger partial charge in [-0.2, -0.15) is 0 Å². The minimum absolute atomic E-state index is 0.0710. The summed E-state index contributed by atoms with van der Waals surface area (Å²) in [6.45, 7) is 8.30. The fourth-order valence-electron chi connectivity index (χ4n) is 3.56. The summed E-state index contributed by atoms with van der Waals surface area (Å²) in [6.07, 6.45) is 1.86. The fraction of sp³-hybridized carbons (Fsp3) is 0.417. The Bertz CT molecular complexity index is 1060. The number of halogens is 2. The van der Waals surface area contributed by atoms with Crippen LogP contribution in [0, 0.1) is 5.92 Å². The Kier molecular flexibility index (Phi) is 7.84. The number of aryl methyl sites for hydroxylation is 1. The predicted molar refractivity (Wildman–Crippen MR) is 127 cm³/mol. The molecule has 0 N–H and O–H groups in total. The van der Waals surface area contributed by atoms with Gasteiger partial charge in [0.1, 0.15) is 11.6 Å². The molecule has 0 saturated heterocycles. The van der Waals surface area contributed by atoms with Crippen LogP contribution in [-0.4, -0.2) is 34.0 Å². The van der Waals surface area contributed by atoms with Crippen molar-refractivity contribution in [3.8, 4) is 5.75 Å². The Balaban J connectivity index is 1.97. The largest absolute Gasteiger partial charge is 0.495 e. The van der Waals surface area contributed by atoms with Crippen molar-refractivity contribution in [2.75, 3.05) is 13.7 Å². The first kappa shape index (κ1) is 23.4. The average molecular weight is 462 g/mol. The van der Waals surface area contributed by atoms with Gasteiger partial charge in [-0.1, -0.05) is 44.0 Å². The van der Waals surface area contributed by atoms with E-state index < -0.39 is 0 Å². The number of amides is 1. The standard InChI is InChI=1S/C24H29Cl2N3O2/c1-5-11-29-21-14-18(25)7-8-20(21)27-23(29)15-28(12-10-16(2)3)24(30)17-6-9-22(31-4)19(26)13-17/h6-9,13-14,16H,5,10-12,15H2,1-4H3. The van der Waals surface area contributed by atoms with Gasteiger partial charge in [0, 0.05) is 23.7 Å². The van der Waals surface area contributed by atoms with Gasteiger partial charge in [0.15, 0.2) is 0 Å². The summed E-state index contributed by atoms with van der Waals surface area (Å²) < 4.78 is 7.38. The first-order valence-electron chi connectivity index (χ1n) is 10.6. The molecule has 1 heterocycles. The molecule has 3 rings (SSSR count). The number of methoxy groups -OCH3 is 1. The van der Waals surface area contributed by atoms with Gasteiger partial charge in [0.2, 0.25) is 0 Å². The quantitative estimate of drug-likeness (QED) is 0.367. The molecule has 0 atom stereocenters. The molecule has 5 nitrogen and oxygen atoms in total. The van der Waals surface area contributed by atoms with Gasteiger partial charge in [0.05, 0.1) is 29.7 Å². The second-order valence-electron chi connectivity index (χ2n) is 8.07. The second kappa shape index (κ2) is 10.4. The molecule has 0 unspecified atom stereocenters. The van der Waals surface area contributed by atoms with Crippen molar-refractivity contribution >= 4 is 40.1 Å². The maximum Gasteiger partial charge on any atom is 0.254 e. The first-order valence-corrected chi connectivity index (χ1v) is 11.4. The number of hydrogen-bond donors (Lipinski definition) is 0. The van der Waals surface area contributed by atoms with Crippen molar-refractivity contribution in [3.05, 3.63) is 57.8 Å². The smallest absolute Gasteiger partial charge is 0.254 e. The van der Waals surface area contributed by atoms with E-state index in [1.807, 2.05) is 23.1 Å². The Morgan fingerprint density at radius 2 is 1.97 bits per heavy atom. The van der Waals surface area contributed by atoms with E-state index in [9.17, 15) is 4.79 Å². The Morgan fingerprint density at radius 1 is 1.19 bits per heavy atom. The molecule has 0 saturated carbocycles. The van der Waals surface area contributed by atoms with E-state index in [-0.39, 0.29) is 5.91 Å². The van der Waals surface area contributed by atoms with Gasteiger partial charge < -0.3 is 14.2 Å². The van der Waals surface area contributed by atoms with E-state index >= 15 is 0 Å². The van der Waals surface area contributed by atoms with Crippen molar-refractivity contribution < 1.29 is 9.53 Å². The van der Waals surface area contributed by atoms with Gasteiger partial charge in [0.25, 0.3) is 5.91 Å². The summed E-state index contributed by atoms with van der Waals surface area (Å²) in [5.41, 5.74) is 2.42. The summed E-state index contributed by atoms with van der Waals surface area (Å²) in [7, 11) is 1.56. The summed E-state index contributed by atoms with van der Waals surface area (Å²) in [4.78, 5) is 20.1. The second-order valence-corrected chi connectivity index (χ2v) is 8.91. The lowest BCUT2D eigenvalue weighted by Gasteiger charge is -2.24. The third-order valence-electron chi connectivity index (χ3n) is 5.23. The highest BCUT2D eigenvalue weighted by Gasteiger charge is 2.21. The van der Waals surface area contributed by atoms with Crippen LogP contribution < -0.4 is 4.74 Å². The van der Waals surface area contributed by atoms with Crippen LogP contribution in [0.15, 0.2) is 36.4 Å². The van der Waals surface area contributed by atoms with Crippen LogP contribution in [0.3, 0.4) is 0 Å². The third-order valence-corrected chi connectivity index (χ3v) is 5.76. The topological polar surface area (TPSA) is 47.4 Å². The molecule has 1 amide bonds. The minimum atomic E-state index is -0.0710. The number of hydrogen-bond acceptors (Lipinski definition) is 3. The number of ether oxygens (including phenoxy) is 1. The lowest BCUT2D eigenvalue weighted by molar-refractivity contribution is 0.0729. The van der Waals surface area contributed by atoms with Crippen LogP contribution in [0.4, 0.5) is 0 Å². The molecule has 3 aromatic rings. The van der Waals surface area contributed by atoms with Crippen LogP contribution in [-0.2, 0) is 13.1 Å². The molecule has 0 fully saturated rings. The van der Waals surface area contributed by atoms with E-state index in [0.717, 1.165) is 36.2 Å². The molecule has 0 bridgehead atoms. The number of nitrogens with zero attached hydrogens (tertiary/aromatic N) is 3. The van der Waals surface area contributed by atoms with E-state index in [0.29, 0.717) is 40.4 Å². The molecule has 7 heteroatoms. The predicted octanol–water partition coefficient (Wildman–Crippen LogP) is 6.45. The summed E-state index contributed by atoms with van der Waals surface area (Å²) >= 11 is 12.5. The minimum Gasteiger partial charge on any atom is -0.495 e. The Hall–Kier alpha value is -2.24. The number of imidazole rings is 1. The lowest BCUT2D eigenvalue weighted by Crippen LogP contribution is -2.33. The van der Waals surface area contributed by atoms with Crippen molar-refractivity contribution in [2.45, 2.75) is 46.7 Å². The number of aromatic nitrogens is 2. The van der Waals surface area contributed by atoms with E-state index in [1.165, 1.54) is 0 Å². The molecule has 0 aliphatic rings. The number of carbonyl (C=O) groups excluding carboxylic acids is 1. The van der Waals surface area contributed by atoms with Gasteiger partial charge in [-0.25, -0.2) is 4.98 Å². The zero-order valence-electron chi connectivity index (χ0n) is 18.5. The fourth-order valence-corrected chi connectivity index (χ4v) is 3.98. The maximum atomic E-state index is 13.4. The van der Waals surface area contributed by atoms with Crippen LogP contribution in [0.2, 0.25) is 10.0 Å². The summed E-state index contributed by atoms with van der Waals surface area (Å²) in [5.74, 6) is 1.81. The molecular formula is C24H29Cl2N3O2. The highest BCUT2D eigenvalue weighted by molar-refractivity contribution is 6.32. The van der Waals surface area contributed by atoms with E-state index in [4.69, 9.17) is 32.9 Å². The molecule has 1 aromatic heterocycles. The molecule has 166 valence electrons. The van der Waals surface area contributed by atoms with Crippen LogP contribution in [0.1, 0.15) is 49.8 Å². The lowest BCUT2D eigenvalue weighted by atomic mass is 10.1. The summed E-state index contributed by atoms with van der Waals surface area (Å²) in [6, 6.07) is 10.9. The maximum absolute atomic E-state index is 13.4. The van der Waals surface area contributed by atoms with Gasteiger partial charge in [-0.15, -0.1) is 0 Å². The van der Waals surface area contributed by atoms with Gasteiger partial charge in [-0.3, -0.25) is 4.79 Å². The van der Waals surface area contributed by atoms with Crippen molar-refractivity contribution in [3.63, 3.8) is 0 Å². The number of rotatable bonds is 9. The zero-order valence-corrected chi connectivity index (χ0v) is 20.0. The normalized spacial score (nSPS) is 11.3. The van der Waals surface area contributed by atoms with Gasteiger partial charge in [-0.05, 0) is 55.2 Å². The Morgan fingerprint density at radius 3 is 2.61 bits per heavy atom. The zero-order chi connectivity index (χ0) is 22.5. The number of carbonyl (C=O) groups is 1. The van der Waals surface area contributed by atoms with Crippen molar-refractivity contribution in [1.29, 1.82) is 0 Å². The molecule has 0 aliphatic carbocycles. The number of fused-ring (bicyclic) bond motifs is 1. The molecular weight excluding hydrogens is 433 g/mol. The van der Waals surface area contributed by atoms with Crippen molar-refractivity contribution in [1.82, 2.24) is 14.5 Å².